The average Bonchev–Trinajstić information content (AvgIpc) is 2.25. The molecule has 0 aliphatic rings. The van der Waals surface area contributed by atoms with Gasteiger partial charge in [0.25, 0.3) is 0 Å². The highest BCUT2D eigenvalue weighted by Gasteiger charge is 2.17. The van der Waals surface area contributed by atoms with Gasteiger partial charge in [-0.1, -0.05) is 17.7 Å². The summed E-state index contributed by atoms with van der Waals surface area (Å²) in [5.74, 6) is -1.37. The van der Waals surface area contributed by atoms with Crippen LogP contribution in [0.5, 0.6) is 0 Å². The lowest BCUT2D eigenvalue weighted by molar-refractivity contribution is 0.0688. The number of benzene rings is 1. The van der Waals surface area contributed by atoms with Crippen molar-refractivity contribution in [3.8, 4) is 0 Å². The number of carbonyl (C=O) groups is 1. The van der Waals surface area contributed by atoms with Crippen LogP contribution in [-0.2, 0) is 0 Å². The number of rotatable bonds is 1. The van der Waals surface area contributed by atoms with E-state index in [-0.39, 0.29) is 10.4 Å². The van der Waals surface area contributed by atoms with Crippen molar-refractivity contribution >= 4 is 28.5 Å². The third-order valence-electron chi connectivity index (χ3n) is 2.57. The second kappa shape index (κ2) is 3.85. The van der Waals surface area contributed by atoms with Crippen molar-refractivity contribution in [2.75, 3.05) is 0 Å². The van der Waals surface area contributed by atoms with Crippen molar-refractivity contribution < 1.29 is 9.90 Å². The molecule has 0 bridgehead atoms. The Hall–Kier alpha value is -1.88. The summed E-state index contributed by atoms with van der Waals surface area (Å²) in [4.78, 5) is 22.8. The highest BCUT2D eigenvalue weighted by atomic mass is 35.5. The summed E-state index contributed by atoms with van der Waals surface area (Å²) in [6, 6.07) is 1.81. The number of aromatic amines is 1. The fourth-order valence-electron chi connectivity index (χ4n) is 1.75. The summed E-state index contributed by atoms with van der Waals surface area (Å²) in [5.41, 5.74) is 0.774. The fourth-order valence-corrected chi connectivity index (χ4v) is 1.98. The van der Waals surface area contributed by atoms with Crippen LogP contribution < -0.4 is 5.43 Å². The van der Waals surface area contributed by atoms with Crippen LogP contribution in [0.15, 0.2) is 10.9 Å². The van der Waals surface area contributed by atoms with Crippen LogP contribution in [0.25, 0.3) is 10.9 Å². The zero-order valence-corrected chi connectivity index (χ0v) is 9.92. The van der Waals surface area contributed by atoms with Gasteiger partial charge in [0.15, 0.2) is 0 Å². The molecule has 88 valence electrons. The predicted octanol–water partition coefficient (Wildman–Crippen LogP) is 1.89. The van der Waals surface area contributed by atoms with Crippen LogP contribution in [0.3, 0.4) is 0 Å². The standard InChI is InChI=1S/C11H9ClN2O3/c1-4-3-5(2)8-6(7(4)12)10(15)9(11(16)17)14-13-8/h3H,1-2H3,(H,13,15)(H,16,17). The molecule has 1 aromatic carbocycles. The maximum Gasteiger partial charge on any atom is 0.360 e. The number of hydrogen-bond acceptors (Lipinski definition) is 3. The van der Waals surface area contributed by atoms with Crippen molar-refractivity contribution in [1.82, 2.24) is 10.2 Å². The van der Waals surface area contributed by atoms with Crippen LogP contribution in [0.1, 0.15) is 21.6 Å². The largest absolute Gasteiger partial charge is 0.476 e. The molecule has 2 aromatic rings. The first-order valence-electron chi connectivity index (χ1n) is 4.85. The molecule has 5 nitrogen and oxygen atoms in total. The van der Waals surface area contributed by atoms with Gasteiger partial charge in [0.2, 0.25) is 11.1 Å². The van der Waals surface area contributed by atoms with Gasteiger partial charge in [-0.25, -0.2) is 4.79 Å². The van der Waals surface area contributed by atoms with Gasteiger partial charge >= 0.3 is 5.97 Å². The Morgan fingerprint density at radius 1 is 1.41 bits per heavy atom. The number of hydrogen-bond donors (Lipinski definition) is 2. The van der Waals surface area contributed by atoms with E-state index in [0.717, 1.165) is 11.1 Å². The van der Waals surface area contributed by atoms with E-state index in [9.17, 15) is 9.59 Å². The molecule has 1 aromatic heterocycles. The van der Waals surface area contributed by atoms with Crippen LogP contribution in [0, 0.1) is 13.8 Å². The second-order valence-corrected chi connectivity index (χ2v) is 4.16. The Kier molecular flexibility index (Phi) is 2.63. The highest BCUT2D eigenvalue weighted by molar-refractivity contribution is 6.36. The van der Waals surface area contributed by atoms with Gasteiger partial charge in [-0.15, -0.1) is 0 Å². The predicted molar refractivity (Wildman–Crippen MR) is 63.8 cm³/mol. The Labute approximate surface area is 101 Å². The van der Waals surface area contributed by atoms with E-state index in [4.69, 9.17) is 16.7 Å². The van der Waals surface area contributed by atoms with Crippen molar-refractivity contribution in [3.63, 3.8) is 0 Å². The van der Waals surface area contributed by atoms with Gasteiger partial charge in [-0.3, -0.25) is 9.89 Å². The fraction of sp³-hybridized carbons (Fsp3) is 0.182. The molecule has 0 atom stereocenters. The maximum absolute atomic E-state index is 11.9. The van der Waals surface area contributed by atoms with Gasteiger partial charge in [-0.2, -0.15) is 5.10 Å². The summed E-state index contributed by atoms with van der Waals surface area (Å²) in [6.07, 6.45) is 0. The molecule has 0 aliphatic heterocycles. The van der Waals surface area contributed by atoms with Crippen LogP contribution in [0.4, 0.5) is 0 Å². The average molecular weight is 253 g/mol. The quantitative estimate of drug-likeness (QED) is 0.812. The van der Waals surface area contributed by atoms with Crippen LogP contribution in [0.2, 0.25) is 5.02 Å². The molecule has 0 spiro atoms. The Morgan fingerprint density at radius 3 is 2.65 bits per heavy atom. The summed E-state index contributed by atoms with van der Waals surface area (Å²) < 4.78 is 0. The smallest absolute Gasteiger partial charge is 0.360 e. The minimum atomic E-state index is -1.37. The first-order chi connectivity index (χ1) is 7.93. The molecular weight excluding hydrogens is 244 g/mol. The van der Waals surface area contributed by atoms with E-state index in [1.807, 2.05) is 6.07 Å². The highest BCUT2D eigenvalue weighted by Crippen LogP contribution is 2.25. The number of H-pyrrole nitrogens is 1. The summed E-state index contributed by atoms with van der Waals surface area (Å²) >= 11 is 6.04. The summed E-state index contributed by atoms with van der Waals surface area (Å²) in [5, 5.41) is 15.4. The lowest BCUT2D eigenvalue weighted by atomic mass is 10.1. The molecule has 0 saturated heterocycles. The van der Waals surface area contributed by atoms with E-state index < -0.39 is 17.1 Å². The molecular formula is C11H9ClN2O3. The third-order valence-corrected chi connectivity index (χ3v) is 3.05. The Bertz CT molecular complexity index is 691. The SMILES string of the molecule is Cc1cc(C)c2[nH]nc(C(=O)O)c(=O)c2c1Cl. The number of aromatic nitrogens is 2. The van der Waals surface area contributed by atoms with Crippen molar-refractivity contribution in [2.24, 2.45) is 0 Å². The molecule has 0 radical (unpaired) electrons. The molecule has 0 amide bonds. The van der Waals surface area contributed by atoms with E-state index in [1.54, 1.807) is 13.8 Å². The number of aryl methyl sites for hydroxylation is 2. The topological polar surface area (TPSA) is 83.1 Å². The minimum absolute atomic E-state index is 0.177. The zero-order chi connectivity index (χ0) is 12.7. The van der Waals surface area contributed by atoms with E-state index in [2.05, 4.69) is 10.2 Å². The number of aromatic carboxylic acids is 1. The molecule has 1 heterocycles. The lowest BCUT2D eigenvalue weighted by Crippen LogP contribution is -2.19. The minimum Gasteiger partial charge on any atom is -0.476 e. The van der Waals surface area contributed by atoms with Gasteiger partial charge in [-0.05, 0) is 25.0 Å². The molecule has 0 saturated carbocycles. The van der Waals surface area contributed by atoms with Gasteiger partial charge < -0.3 is 5.11 Å². The maximum atomic E-state index is 11.9. The van der Waals surface area contributed by atoms with Crippen LogP contribution >= 0.6 is 11.6 Å². The first-order valence-corrected chi connectivity index (χ1v) is 5.22. The Morgan fingerprint density at radius 2 is 2.06 bits per heavy atom. The zero-order valence-electron chi connectivity index (χ0n) is 9.17. The number of nitrogens with zero attached hydrogens (tertiary/aromatic N) is 1. The van der Waals surface area contributed by atoms with Crippen molar-refractivity contribution in [3.05, 3.63) is 38.1 Å². The summed E-state index contributed by atoms with van der Waals surface area (Å²) in [6.45, 7) is 3.55. The molecule has 6 heteroatoms. The number of carboxylic acid groups (broad SMARTS) is 1. The van der Waals surface area contributed by atoms with E-state index in [0.29, 0.717) is 5.52 Å². The third kappa shape index (κ3) is 1.68. The van der Waals surface area contributed by atoms with E-state index >= 15 is 0 Å². The van der Waals surface area contributed by atoms with Crippen LogP contribution in [-0.4, -0.2) is 21.3 Å². The van der Waals surface area contributed by atoms with Gasteiger partial charge in [0, 0.05) is 0 Å². The molecule has 2 N–H and O–H groups in total. The van der Waals surface area contributed by atoms with Crippen molar-refractivity contribution in [2.45, 2.75) is 13.8 Å². The molecule has 2 rings (SSSR count). The second-order valence-electron chi connectivity index (χ2n) is 3.78. The number of fused-ring (bicyclic) bond motifs is 1. The normalized spacial score (nSPS) is 10.8. The molecule has 0 fully saturated rings. The monoisotopic (exact) mass is 252 g/mol. The molecule has 0 aliphatic carbocycles. The van der Waals surface area contributed by atoms with Gasteiger partial charge in [0.05, 0.1) is 15.9 Å². The number of nitrogens with one attached hydrogen (secondary N) is 1. The first kappa shape index (κ1) is 11.6. The number of carboxylic acids is 1. The number of halogens is 1. The van der Waals surface area contributed by atoms with Crippen molar-refractivity contribution in [1.29, 1.82) is 0 Å². The summed E-state index contributed by atoms with van der Waals surface area (Å²) in [7, 11) is 0. The Balaban J connectivity index is 3.04. The van der Waals surface area contributed by atoms with Gasteiger partial charge in [0.1, 0.15) is 0 Å². The lowest BCUT2D eigenvalue weighted by Gasteiger charge is -2.07. The molecule has 17 heavy (non-hydrogen) atoms. The van der Waals surface area contributed by atoms with E-state index in [1.165, 1.54) is 0 Å². The molecule has 0 unspecified atom stereocenters.